The van der Waals surface area contributed by atoms with Crippen molar-refractivity contribution in [2.75, 3.05) is 6.54 Å². The topological polar surface area (TPSA) is 63.8 Å². The van der Waals surface area contributed by atoms with Crippen LogP contribution in [-0.2, 0) is 6.42 Å². The molecule has 2 aromatic heterocycles. The average Bonchev–Trinajstić information content (AvgIpc) is 2.77. The van der Waals surface area contributed by atoms with Crippen LogP contribution in [0.1, 0.15) is 25.3 Å². The van der Waals surface area contributed by atoms with Crippen LogP contribution >= 0.6 is 0 Å². The number of pyridine rings is 1. The number of aromatic nitrogens is 3. The van der Waals surface area contributed by atoms with Crippen molar-refractivity contribution < 1.29 is 4.42 Å². The first-order valence-corrected chi connectivity index (χ1v) is 6.13. The summed E-state index contributed by atoms with van der Waals surface area (Å²) in [6, 6.07) is 2.45. The SMILES string of the molecule is Cc1cncc(-c2nnc(CCNC(C)C)o2)c1. The maximum Gasteiger partial charge on any atom is 0.249 e. The lowest BCUT2D eigenvalue weighted by atomic mass is 10.2. The summed E-state index contributed by atoms with van der Waals surface area (Å²) in [6.45, 7) is 7.04. The Balaban J connectivity index is 2.02. The molecule has 0 aliphatic heterocycles. The molecule has 96 valence electrons. The third-order valence-corrected chi connectivity index (χ3v) is 2.48. The molecule has 0 aromatic carbocycles. The molecule has 0 atom stereocenters. The van der Waals surface area contributed by atoms with E-state index in [9.17, 15) is 0 Å². The van der Waals surface area contributed by atoms with Crippen molar-refractivity contribution in [1.29, 1.82) is 0 Å². The first-order valence-electron chi connectivity index (χ1n) is 6.13. The highest BCUT2D eigenvalue weighted by Gasteiger charge is 2.08. The molecule has 2 heterocycles. The Hall–Kier alpha value is -1.75. The molecule has 0 aliphatic rings. The molecule has 0 aliphatic carbocycles. The molecular formula is C13H18N4O. The highest BCUT2D eigenvalue weighted by molar-refractivity contribution is 5.51. The van der Waals surface area contributed by atoms with Gasteiger partial charge in [-0.05, 0) is 18.6 Å². The molecule has 2 aromatic rings. The van der Waals surface area contributed by atoms with E-state index < -0.39 is 0 Å². The van der Waals surface area contributed by atoms with Gasteiger partial charge in [-0.3, -0.25) is 4.98 Å². The zero-order valence-electron chi connectivity index (χ0n) is 11.0. The number of hydrogen-bond donors (Lipinski definition) is 1. The van der Waals surface area contributed by atoms with Crippen LogP contribution in [0, 0.1) is 6.92 Å². The summed E-state index contributed by atoms with van der Waals surface area (Å²) in [4.78, 5) is 4.12. The molecule has 0 unspecified atom stereocenters. The fourth-order valence-electron chi connectivity index (χ4n) is 1.61. The van der Waals surface area contributed by atoms with Crippen LogP contribution in [-0.4, -0.2) is 27.8 Å². The van der Waals surface area contributed by atoms with Gasteiger partial charge in [-0.1, -0.05) is 13.8 Å². The maximum atomic E-state index is 5.60. The van der Waals surface area contributed by atoms with Crippen LogP contribution in [0.5, 0.6) is 0 Å². The summed E-state index contributed by atoms with van der Waals surface area (Å²) in [5.41, 5.74) is 1.94. The zero-order valence-corrected chi connectivity index (χ0v) is 11.0. The zero-order chi connectivity index (χ0) is 13.0. The Labute approximate surface area is 107 Å². The summed E-state index contributed by atoms with van der Waals surface area (Å²) in [7, 11) is 0. The van der Waals surface area contributed by atoms with E-state index in [1.807, 2.05) is 13.0 Å². The second-order valence-corrected chi connectivity index (χ2v) is 4.61. The van der Waals surface area contributed by atoms with Gasteiger partial charge in [0.1, 0.15) is 0 Å². The normalized spacial score (nSPS) is 11.1. The summed E-state index contributed by atoms with van der Waals surface area (Å²) in [5, 5.41) is 11.4. The number of hydrogen-bond acceptors (Lipinski definition) is 5. The number of nitrogens with zero attached hydrogens (tertiary/aromatic N) is 3. The lowest BCUT2D eigenvalue weighted by molar-refractivity contribution is 0.484. The molecular weight excluding hydrogens is 228 g/mol. The maximum absolute atomic E-state index is 5.60. The van der Waals surface area contributed by atoms with Crippen LogP contribution in [0.4, 0.5) is 0 Å². The highest BCUT2D eigenvalue weighted by Crippen LogP contribution is 2.17. The van der Waals surface area contributed by atoms with Gasteiger partial charge >= 0.3 is 0 Å². The molecule has 0 bridgehead atoms. The smallest absolute Gasteiger partial charge is 0.249 e. The van der Waals surface area contributed by atoms with E-state index in [0.29, 0.717) is 17.8 Å². The molecule has 0 spiro atoms. The number of rotatable bonds is 5. The van der Waals surface area contributed by atoms with Crippen molar-refractivity contribution in [2.45, 2.75) is 33.2 Å². The van der Waals surface area contributed by atoms with Crippen LogP contribution in [0.15, 0.2) is 22.9 Å². The predicted molar refractivity (Wildman–Crippen MR) is 69.1 cm³/mol. The Kier molecular flexibility index (Phi) is 4.04. The Morgan fingerprint density at radius 3 is 2.83 bits per heavy atom. The summed E-state index contributed by atoms with van der Waals surface area (Å²) in [6.07, 6.45) is 4.27. The van der Waals surface area contributed by atoms with Crippen LogP contribution < -0.4 is 5.32 Å². The third kappa shape index (κ3) is 3.37. The van der Waals surface area contributed by atoms with Crippen molar-refractivity contribution in [2.24, 2.45) is 0 Å². The van der Waals surface area contributed by atoms with Gasteiger partial charge in [0.05, 0.1) is 5.56 Å². The molecule has 1 N–H and O–H groups in total. The molecule has 5 nitrogen and oxygen atoms in total. The van der Waals surface area contributed by atoms with Gasteiger partial charge in [0, 0.05) is 31.4 Å². The average molecular weight is 246 g/mol. The highest BCUT2D eigenvalue weighted by atomic mass is 16.4. The molecule has 5 heteroatoms. The van der Waals surface area contributed by atoms with Gasteiger partial charge in [0.25, 0.3) is 0 Å². The molecule has 0 saturated carbocycles. The monoisotopic (exact) mass is 246 g/mol. The first-order chi connectivity index (χ1) is 8.65. The van der Waals surface area contributed by atoms with Crippen LogP contribution in [0.3, 0.4) is 0 Å². The third-order valence-electron chi connectivity index (χ3n) is 2.48. The standard InChI is InChI=1S/C13H18N4O/c1-9(2)15-5-4-12-16-17-13(18-12)11-6-10(3)7-14-8-11/h6-9,15H,4-5H2,1-3H3. The van der Waals surface area contributed by atoms with E-state index >= 15 is 0 Å². The summed E-state index contributed by atoms with van der Waals surface area (Å²) >= 11 is 0. The van der Waals surface area contributed by atoms with Crippen molar-refractivity contribution in [1.82, 2.24) is 20.5 Å². The molecule has 0 saturated heterocycles. The van der Waals surface area contributed by atoms with Gasteiger partial charge in [-0.15, -0.1) is 10.2 Å². The van der Waals surface area contributed by atoms with Gasteiger partial charge in [0.2, 0.25) is 11.8 Å². The van der Waals surface area contributed by atoms with Crippen LogP contribution in [0.25, 0.3) is 11.5 Å². The van der Waals surface area contributed by atoms with E-state index in [-0.39, 0.29) is 0 Å². The second kappa shape index (κ2) is 5.73. The van der Waals surface area contributed by atoms with Gasteiger partial charge in [-0.2, -0.15) is 0 Å². The van der Waals surface area contributed by atoms with E-state index in [1.54, 1.807) is 12.4 Å². The fraction of sp³-hybridized carbons (Fsp3) is 0.462. The quantitative estimate of drug-likeness (QED) is 0.874. The minimum atomic E-state index is 0.466. The molecule has 18 heavy (non-hydrogen) atoms. The Morgan fingerprint density at radius 1 is 1.28 bits per heavy atom. The second-order valence-electron chi connectivity index (χ2n) is 4.61. The van der Waals surface area contributed by atoms with Crippen molar-refractivity contribution >= 4 is 0 Å². The minimum Gasteiger partial charge on any atom is -0.421 e. The van der Waals surface area contributed by atoms with Crippen molar-refractivity contribution in [3.63, 3.8) is 0 Å². The number of nitrogens with one attached hydrogen (secondary N) is 1. The summed E-state index contributed by atoms with van der Waals surface area (Å²) < 4.78 is 5.60. The number of aryl methyl sites for hydroxylation is 1. The molecule has 2 rings (SSSR count). The molecule has 0 amide bonds. The van der Waals surface area contributed by atoms with E-state index in [0.717, 1.165) is 24.1 Å². The molecule has 0 radical (unpaired) electrons. The van der Waals surface area contributed by atoms with E-state index in [1.165, 1.54) is 0 Å². The van der Waals surface area contributed by atoms with E-state index in [4.69, 9.17) is 4.42 Å². The van der Waals surface area contributed by atoms with E-state index in [2.05, 4.69) is 34.3 Å². The fourth-order valence-corrected chi connectivity index (χ4v) is 1.61. The minimum absolute atomic E-state index is 0.466. The predicted octanol–water partition coefficient (Wildman–Crippen LogP) is 1.98. The largest absolute Gasteiger partial charge is 0.421 e. The van der Waals surface area contributed by atoms with Crippen molar-refractivity contribution in [3.05, 3.63) is 29.9 Å². The lowest BCUT2D eigenvalue weighted by Gasteiger charge is -2.04. The van der Waals surface area contributed by atoms with Crippen LogP contribution in [0.2, 0.25) is 0 Å². The van der Waals surface area contributed by atoms with Gasteiger partial charge < -0.3 is 9.73 Å². The first kappa shape index (κ1) is 12.7. The van der Waals surface area contributed by atoms with Crippen molar-refractivity contribution in [3.8, 4) is 11.5 Å². The lowest BCUT2D eigenvalue weighted by Crippen LogP contribution is -2.25. The Morgan fingerprint density at radius 2 is 2.11 bits per heavy atom. The Bertz CT molecular complexity index is 507. The molecule has 0 fully saturated rings. The summed E-state index contributed by atoms with van der Waals surface area (Å²) in [5.74, 6) is 1.19. The van der Waals surface area contributed by atoms with Gasteiger partial charge in [-0.25, -0.2) is 0 Å². The van der Waals surface area contributed by atoms with Gasteiger partial charge in [0.15, 0.2) is 0 Å².